The molecule has 1 fully saturated rings. The van der Waals surface area contributed by atoms with Gasteiger partial charge in [-0.25, -0.2) is 8.42 Å². The lowest BCUT2D eigenvalue weighted by Crippen LogP contribution is -2.54. The van der Waals surface area contributed by atoms with Crippen LogP contribution in [-0.2, 0) is 32.6 Å². The van der Waals surface area contributed by atoms with E-state index in [1.807, 2.05) is 61.5 Å². The predicted molar refractivity (Wildman–Crippen MR) is 165 cm³/mol. The number of rotatable bonds is 11. The highest BCUT2D eigenvalue weighted by Gasteiger charge is 2.34. The van der Waals surface area contributed by atoms with Crippen molar-refractivity contribution in [1.29, 1.82) is 0 Å². The van der Waals surface area contributed by atoms with Gasteiger partial charge in [-0.3, -0.25) is 13.9 Å². The van der Waals surface area contributed by atoms with Crippen LogP contribution in [0.15, 0.2) is 72.8 Å². The van der Waals surface area contributed by atoms with Crippen LogP contribution >= 0.6 is 23.2 Å². The maximum atomic E-state index is 14.2. The van der Waals surface area contributed by atoms with Crippen LogP contribution in [0.5, 0.6) is 0 Å². The van der Waals surface area contributed by atoms with Crippen LogP contribution in [0.2, 0.25) is 10.0 Å². The van der Waals surface area contributed by atoms with E-state index in [0.29, 0.717) is 0 Å². The molecule has 3 aromatic carbocycles. The van der Waals surface area contributed by atoms with Gasteiger partial charge in [-0.05, 0) is 49.1 Å². The summed E-state index contributed by atoms with van der Waals surface area (Å²) in [6.07, 6.45) is 5.20. The van der Waals surface area contributed by atoms with Gasteiger partial charge in [0, 0.05) is 19.0 Å². The number of benzene rings is 3. The van der Waals surface area contributed by atoms with E-state index in [0.717, 1.165) is 52.9 Å². The number of carbonyl (C=O) groups is 2. The molecule has 0 bridgehead atoms. The van der Waals surface area contributed by atoms with Crippen molar-refractivity contribution < 1.29 is 18.0 Å². The molecule has 0 saturated heterocycles. The van der Waals surface area contributed by atoms with E-state index in [4.69, 9.17) is 23.2 Å². The minimum atomic E-state index is -3.90. The first-order valence-corrected chi connectivity index (χ1v) is 16.2. The summed E-state index contributed by atoms with van der Waals surface area (Å²) < 4.78 is 26.8. The smallest absolute Gasteiger partial charge is 0.244 e. The maximum Gasteiger partial charge on any atom is 0.244 e. The Hall–Kier alpha value is -3.07. The van der Waals surface area contributed by atoms with Crippen molar-refractivity contribution in [1.82, 2.24) is 10.2 Å². The monoisotopic (exact) mass is 615 g/mol. The van der Waals surface area contributed by atoms with Crippen molar-refractivity contribution >= 4 is 50.7 Å². The van der Waals surface area contributed by atoms with E-state index in [1.165, 1.54) is 23.1 Å². The van der Waals surface area contributed by atoms with Crippen LogP contribution in [0, 0.1) is 6.92 Å². The summed E-state index contributed by atoms with van der Waals surface area (Å²) in [4.78, 5) is 29.5. The number of anilines is 1. The minimum Gasteiger partial charge on any atom is -0.352 e. The fourth-order valence-corrected chi connectivity index (χ4v) is 6.32. The Morgan fingerprint density at radius 3 is 2.24 bits per heavy atom. The molecule has 1 aliphatic rings. The first-order chi connectivity index (χ1) is 19.5. The van der Waals surface area contributed by atoms with Crippen LogP contribution < -0.4 is 9.62 Å². The van der Waals surface area contributed by atoms with Gasteiger partial charge in [0.2, 0.25) is 21.8 Å². The zero-order valence-electron chi connectivity index (χ0n) is 23.2. The van der Waals surface area contributed by atoms with Gasteiger partial charge < -0.3 is 10.2 Å². The molecule has 0 aromatic heterocycles. The zero-order chi connectivity index (χ0) is 29.6. The lowest BCUT2D eigenvalue weighted by molar-refractivity contribution is -0.140. The molecule has 41 heavy (non-hydrogen) atoms. The van der Waals surface area contributed by atoms with Gasteiger partial charge in [-0.15, -0.1) is 0 Å². The number of hydrogen-bond donors (Lipinski definition) is 1. The third kappa shape index (κ3) is 8.47. The van der Waals surface area contributed by atoms with Crippen LogP contribution in [0.3, 0.4) is 0 Å². The molecule has 1 N–H and O–H groups in total. The van der Waals surface area contributed by atoms with Crippen LogP contribution in [0.25, 0.3) is 0 Å². The molecule has 7 nitrogen and oxygen atoms in total. The van der Waals surface area contributed by atoms with Crippen molar-refractivity contribution in [2.45, 2.75) is 57.7 Å². The summed E-state index contributed by atoms with van der Waals surface area (Å²) in [7, 11) is -3.90. The van der Waals surface area contributed by atoms with Crippen LogP contribution in [0.1, 0.15) is 42.4 Å². The van der Waals surface area contributed by atoms with Gasteiger partial charge >= 0.3 is 0 Å². The second-order valence-electron chi connectivity index (χ2n) is 10.6. The predicted octanol–water partition coefficient (Wildman–Crippen LogP) is 5.77. The Morgan fingerprint density at radius 1 is 0.927 bits per heavy atom. The summed E-state index contributed by atoms with van der Waals surface area (Å²) in [6.45, 7) is 1.58. The van der Waals surface area contributed by atoms with Gasteiger partial charge in [-0.1, -0.05) is 96.2 Å². The highest BCUT2D eigenvalue weighted by molar-refractivity contribution is 7.92. The standard InChI is InChI=1S/C31H35Cl2N3O4S/c1-22-9-8-12-24(17-22)20-35(30(37)21-36(41(2,39)40)26-15-16-27(32)28(33)19-26)29(18-23-10-4-3-5-11-23)31(38)34-25-13-6-7-14-25/h3-5,8-12,15-17,19,25,29H,6-7,13-14,18,20-21H2,1-2H3,(H,34,38)/t29-/m0/s1. The molecule has 3 aromatic rings. The molecule has 2 amide bonds. The zero-order valence-corrected chi connectivity index (χ0v) is 25.6. The second kappa shape index (κ2) is 13.7. The average molecular weight is 617 g/mol. The number of carbonyl (C=O) groups excluding carboxylic acids is 2. The van der Waals surface area contributed by atoms with Crippen molar-refractivity contribution in [2.75, 3.05) is 17.1 Å². The molecule has 0 radical (unpaired) electrons. The molecule has 218 valence electrons. The molecular formula is C31H35Cl2N3O4S. The van der Waals surface area contributed by atoms with Crippen LogP contribution in [-0.4, -0.2) is 50.0 Å². The molecule has 0 unspecified atom stereocenters. The van der Waals surface area contributed by atoms with Gasteiger partial charge in [0.05, 0.1) is 22.0 Å². The first-order valence-electron chi connectivity index (χ1n) is 13.6. The minimum absolute atomic E-state index is 0.0559. The number of hydrogen-bond acceptors (Lipinski definition) is 4. The Morgan fingerprint density at radius 2 is 1.61 bits per heavy atom. The topological polar surface area (TPSA) is 86.8 Å². The van der Waals surface area contributed by atoms with E-state index in [-0.39, 0.29) is 40.6 Å². The Kier molecular flexibility index (Phi) is 10.3. The quantitative estimate of drug-likeness (QED) is 0.297. The number of nitrogens with zero attached hydrogens (tertiary/aromatic N) is 2. The molecule has 10 heteroatoms. The van der Waals surface area contributed by atoms with Gasteiger partial charge in [0.25, 0.3) is 0 Å². The van der Waals surface area contributed by atoms with E-state index in [9.17, 15) is 18.0 Å². The van der Waals surface area contributed by atoms with Crippen LogP contribution in [0.4, 0.5) is 5.69 Å². The number of nitrogens with one attached hydrogen (secondary N) is 1. The molecule has 4 rings (SSSR count). The summed E-state index contributed by atoms with van der Waals surface area (Å²) in [6, 6.07) is 20.8. The summed E-state index contributed by atoms with van der Waals surface area (Å²) in [5.41, 5.74) is 2.95. The molecule has 0 heterocycles. The average Bonchev–Trinajstić information content (AvgIpc) is 3.44. The fourth-order valence-electron chi connectivity index (χ4n) is 5.18. The molecular weight excluding hydrogens is 581 g/mol. The van der Waals surface area contributed by atoms with E-state index < -0.39 is 28.5 Å². The van der Waals surface area contributed by atoms with Gasteiger partial charge in [-0.2, -0.15) is 0 Å². The summed E-state index contributed by atoms with van der Waals surface area (Å²) in [5.74, 6) is -0.757. The highest BCUT2D eigenvalue weighted by atomic mass is 35.5. The third-order valence-electron chi connectivity index (χ3n) is 7.28. The third-order valence-corrected chi connectivity index (χ3v) is 9.16. The molecule has 0 aliphatic heterocycles. The van der Waals surface area contributed by atoms with Gasteiger partial charge in [0.15, 0.2) is 0 Å². The normalized spacial score (nSPS) is 14.4. The Balaban J connectivity index is 1.73. The number of sulfonamides is 1. The van der Waals surface area contributed by atoms with E-state index in [2.05, 4.69) is 5.32 Å². The Labute approximate surface area is 252 Å². The van der Waals surface area contributed by atoms with Crippen molar-refractivity contribution in [2.24, 2.45) is 0 Å². The van der Waals surface area contributed by atoms with E-state index in [1.54, 1.807) is 0 Å². The number of aryl methyl sites for hydroxylation is 1. The SMILES string of the molecule is Cc1cccc(CN(C(=O)CN(c2ccc(Cl)c(Cl)c2)S(C)(=O)=O)[C@@H](Cc2ccccc2)C(=O)NC2CCCC2)c1. The molecule has 1 aliphatic carbocycles. The Bertz CT molecular complexity index is 1480. The fraction of sp³-hybridized carbons (Fsp3) is 0.355. The lowest BCUT2D eigenvalue weighted by Gasteiger charge is -2.34. The van der Waals surface area contributed by atoms with Crippen molar-refractivity contribution in [3.63, 3.8) is 0 Å². The molecule has 1 atom stereocenters. The number of halogens is 2. The molecule has 1 saturated carbocycles. The summed E-state index contributed by atoms with van der Waals surface area (Å²) >= 11 is 12.3. The van der Waals surface area contributed by atoms with Crippen molar-refractivity contribution in [3.05, 3.63) is 99.5 Å². The second-order valence-corrected chi connectivity index (χ2v) is 13.3. The number of amides is 2. The highest BCUT2D eigenvalue weighted by Crippen LogP contribution is 2.29. The van der Waals surface area contributed by atoms with E-state index >= 15 is 0 Å². The first kappa shape index (κ1) is 30.9. The molecule has 0 spiro atoms. The van der Waals surface area contributed by atoms with Gasteiger partial charge in [0.1, 0.15) is 12.6 Å². The van der Waals surface area contributed by atoms with Crippen molar-refractivity contribution in [3.8, 4) is 0 Å². The summed E-state index contributed by atoms with van der Waals surface area (Å²) in [5, 5.41) is 3.60. The maximum absolute atomic E-state index is 14.2. The lowest BCUT2D eigenvalue weighted by atomic mass is 10.0. The largest absolute Gasteiger partial charge is 0.352 e.